The Morgan fingerprint density at radius 2 is 1.49 bits per heavy atom. The number of benzene rings is 2. The van der Waals surface area contributed by atoms with Crippen LogP contribution in [0, 0.1) is 0 Å². The van der Waals surface area contributed by atoms with Crippen LogP contribution in [0.3, 0.4) is 0 Å². The van der Waals surface area contributed by atoms with Gasteiger partial charge in [0, 0.05) is 101 Å². The summed E-state index contributed by atoms with van der Waals surface area (Å²) in [6.45, 7) is 7.38. The van der Waals surface area contributed by atoms with E-state index < -0.39 is 29.6 Å². The lowest BCUT2D eigenvalue weighted by molar-refractivity contribution is -0.137. The van der Waals surface area contributed by atoms with Gasteiger partial charge in [0.15, 0.2) is 0 Å². The summed E-state index contributed by atoms with van der Waals surface area (Å²) >= 11 is 0. The van der Waals surface area contributed by atoms with Gasteiger partial charge in [-0.25, -0.2) is 8.78 Å². The SMILES string of the molecule is Cn1cccc1CN1CCC(N2CCN(C3CCN(C(=O)c4cc(C(F)F)cc(C(F)(F)F)c4)C(Cc4ccccc4)C3)CC2)CC1. The van der Waals surface area contributed by atoms with Crippen molar-refractivity contribution < 1.29 is 26.7 Å². The lowest BCUT2D eigenvalue weighted by atomic mass is 9.90. The number of hydrogen-bond donors (Lipinski definition) is 0. The highest BCUT2D eigenvalue weighted by molar-refractivity contribution is 5.95. The van der Waals surface area contributed by atoms with Crippen LogP contribution in [0.25, 0.3) is 0 Å². The van der Waals surface area contributed by atoms with E-state index in [0.29, 0.717) is 44.0 Å². The van der Waals surface area contributed by atoms with Gasteiger partial charge >= 0.3 is 6.18 Å². The molecule has 1 aromatic heterocycles. The largest absolute Gasteiger partial charge is 0.416 e. The van der Waals surface area contributed by atoms with E-state index in [1.54, 1.807) is 4.90 Å². The van der Waals surface area contributed by atoms with Gasteiger partial charge in [-0.15, -0.1) is 0 Å². The third-order valence-electron chi connectivity index (χ3n) is 10.4. The number of piperazine rings is 1. The van der Waals surface area contributed by atoms with Crippen molar-refractivity contribution in [3.63, 3.8) is 0 Å². The van der Waals surface area contributed by atoms with E-state index in [-0.39, 0.29) is 17.6 Å². The van der Waals surface area contributed by atoms with Crippen LogP contribution in [0.5, 0.6) is 0 Å². The lowest BCUT2D eigenvalue weighted by Gasteiger charge is -2.48. The average molecular weight is 658 g/mol. The molecule has 0 N–H and O–H groups in total. The van der Waals surface area contributed by atoms with Gasteiger partial charge in [0.1, 0.15) is 0 Å². The molecule has 254 valence electrons. The fourth-order valence-corrected chi connectivity index (χ4v) is 7.74. The van der Waals surface area contributed by atoms with Crippen LogP contribution >= 0.6 is 0 Å². The van der Waals surface area contributed by atoms with Crippen molar-refractivity contribution in [1.82, 2.24) is 24.2 Å². The van der Waals surface area contributed by atoms with E-state index in [1.165, 1.54) is 5.69 Å². The van der Waals surface area contributed by atoms with Crippen molar-refractivity contribution in [2.24, 2.45) is 7.05 Å². The monoisotopic (exact) mass is 657 g/mol. The first-order valence-electron chi connectivity index (χ1n) is 16.7. The Bertz CT molecular complexity index is 1480. The fraction of sp³-hybridized carbons (Fsp3) is 0.528. The van der Waals surface area contributed by atoms with Crippen molar-refractivity contribution in [3.8, 4) is 0 Å². The van der Waals surface area contributed by atoms with Crippen molar-refractivity contribution in [2.45, 2.75) is 69.4 Å². The number of carbonyl (C=O) groups is 1. The van der Waals surface area contributed by atoms with Crippen molar-refractivity contribution >= 4 is 5.91 Å². The number of halogens is 5. The molecular weight excluding hydrogens is 613 g/mol. The van der Waals surface area contributed by atoms with Crippen LogP contribution < -0.4 is 0 Å². The van der Waals surface area contributed by atoms with Crippen LogP contribution in [0.4, 0.5) is 22.0 Å². The number of likely N-dealkylation sites (tertiary alicyclic amines) is 2. The highest BCUT2D eigenvalue weighted by Gasteiger charge is 2.38. The number of hydrogen-bond acceptors (Lipinski definition) is 4. The Morgan fingerprint density at radius 1 is 0.830 bits per heavy atom. The fourth-order valence-electron chi connectivity index (χ4n) is 7.74. The number of amides is 1. The van der Waals surface area contributed by atoms with E-state index in [1.807, 2.05) is 30.3 Å². The molecule has 0 aliphatic carbocycles. The molecular formula is C36H44F5N5O. The zero-order chi connectivity index (χ0) is 33.1. The minimum absolute atomic E-state index is 0.236. The summed E-state index contributed by atoms with van der Waals surface area (Å²) in [5, 5.41) is 0. The molecule has 2 aromatic carbocycles. The van der Waals surface area contributed by atoms with E-state index in [2.05, 4.69) is 44.6 Å². The third kappa shape index (κ3) is 8.06. The molecule has 2 unspecified atom stereocenters. The topological polar surface area (TPSA) is 35.0 Å². The summed E-state index contributed by atoms with van der Waals surface area (Å²) in [5.41, 5.74) is -0.000233. The number of alkyl halides is 5. The Hall–Kier alpha value is -3.28. The highest BCUT2D eigenvalue weighted by atomic mass is 19.4. The second kappa shape index (κ2) is 14.5. The average Bonchev–Trinajstić information content (AvgIpc) is 3.48. The number of aromatic nitrogens is 1. The smallest absolute Gasteiger partial charge is 0.353 e. The first kappa shape index (κ1) is 33.6. The third-order valence-corrected chi connectivity index (χ3v) is 10.4. The maximum absolute atomic E-state index is 13.8. The number of nitrogens with zero attached hydrogens (tertiary/aromatic N) is 5. The van der Waals surface area contributed by atoms with Crippen molar-refractivity contribution in [3.05, 3.63) is 94.8 Å². The maximum atomic E-state index is 13.8. The molecule has 6 rings (SSSR count). The lowest BCUT2D eigenvalue weighted by Crippen LogP contribution is -2.58. The summed E-state index contributed by atoms with van der Waals surface area (Å²) < 4.78 is 70.2. The molecule has 0 radical (unpaired) electrons. The van der Waals surface area contributed by atoms with Gasteiger partial charge < -0.3 is 9.47 Å². The Kier molecular flexibility index (Phi) is 10.3. The summed E-state index contributed by atoms with van der Waals surface area (Å²) in [5.74, 6) is -0.624. The predicted molar refractivity (Wildman–Crippen MR) is 171 cm³/mol. The second-order valence-electron chi connectivity index (χ2n) is 13.4. The van der Waals surface area contributed by atoms with Crippen molar-refractivity contribution in [1.29, 1.82) is 0 Å². The molecule has 3 saturated heterocycles. The van der Waals surface area contributed by atoms with Gasteiger partial charge in [0.25, 0.3) is 12.3 Å². The van der Waals surface area contributed by atoms with E-state index >= 15 is 0 Å². The molecule has 0 saturated carbocycles. The van der Waals surface area contributed by atoms with Crippen molar-refractivity contribution in [2.75, 3.05) is 45.8 Å². The summed E-state index contributed by atoms with van der Waals surface area (Å²) in [4.78, 5) is 23.1. The maximum Gasteiger partial charge on any atom is 0.416 e. The van der Waals surface area contributed by atoms with Gasteiger partial charge in [-0.3, -0.25) is 19.5 Å². The van der Waals surface area contributed by atoms with E-state index in [0.717, 1.165) is 70.3 Å². The second-order valence-corrected chi connectivity index (χ2v) is 13.4. The summed E-state index contributed by atoms with van der Waals surface area (Å²) in [6.07, 6.45) is -1.62. The summed E-state index contributed by atoms with van der Waals surface area (Å²) in [7, 11) is 2.09. The Balaban J connectivity index is 1.09. The summed E-state index contributed by atoms with van der Waals surface area (Å²) in [6, 6.07) is 16.6. The van der Waals surface area contributed by atoms with Crippen LogP contribution in [0.2, 0.25) is 0 Å². The number of rotatable bonds is 8. The molecule has 3 aliphatic heterocycles. The standard InChI is InChI=1S/C36H44F5N5O/c1-42-12-5-8-32(42)25-43-13-9-30(10-14-43)44-16-18-45(19-17-44)31-11-15-46(33(24-31)20-26-6-3-2-4-7-26)35(47)28-21-27(34(37)38)22-29(23-28)36(39,40)41/h2-8,12,21-23,30-31,33-34H,9-11,13-20,24-25H2,1H3. The molecule has 3 aromatic rings. The number of aryl methyl sites for hydroxylation is 1. The highest BCUT2D eigenvalue weighted by Crippen LogP contribution is 2.35. The predicted octanol–water partition coefficient (Wildman–Crippen LogP) is 6.48. The number of carbonyl (C=O) groups excluding carboxylic acids is 1. The first-order chi connectivity index (χ1) is 22.5. The van der Waals surface area contributed by atoms with Gasteiger partial charge in [0.05, 0.1) is 5.56 Å². The molecule has 47 heavy (non-hydrogen) atoms. The molecule has 3 aliphatic rings. The molecule has 4 heterocycles. The molecule has 1 amide bonds. The van der Waals surface area contributed by atoms with Gasteiger partial charge in [-0.2, -0.15) is 13.2 Å². The van der Waals surface area contributed by atoms with Gasteiger partial charge in [-0.05, 0) is 68.0 Å². The zero-order valence-electron chi connectivity index (χ0n) is 26.9. The molecule has 11 heteroatoms. The molecule has 3 fully saturated rings. The minimum atomic E-state index is -4.84. The zero-order valence-corrected chi connectivity index (χ0v) is 26.9. The quantitative estimate of drug-likeness (QED) is 0.260. The van der Waals surface area contributed by atoms with Crippen LogP contribution in [-0.4, -0.2) is 94.0 Å². The van der Waals surface area contributed by atoms with E-state index in [4.69, 9.17) is 0 Å². The van der Waals surface area contributed by atoms with Gasteiger partial charge in [-0.1, -0.05) is 30.3 Å². The van der Waals surface area contributed by atoms with Crippen LogP contribution in [0.1, 0.15) is 64.9 Å². The molecule has 2 atom stereocenters. The number of piperidine rings is 2. The normalized spacial score (nSPS) is 22.7. The van der Waals surface area contributed by atoms with Crippen LogP contribution in [0.15, 0.2) is 66.9 Å². The Labute approximate surface area is 273 Å². The Morgan fingerprint density at radius 3 is 2.11 bits per heavy atom. The van der Waals surface area contributed by atoms with Gasteiger partial charge in [0.2, 0.25) is 0 Å². The van der Waals surface area contributed by atoms with Crippen LogP contribution in [-0.2, 0) is 26.2 Å². The molecule has 6 nitrogen and oxygen atoms in total. The first-order valence-corrected chi connectivity index (χ1v) is 16.7. The molecule has 0 spiro atoms. The van der Waals surface area contributed by atoms with E-state index in [9.17, 15) is 26.7 Å². The molecule has 0 bridgehead atoms. The minimum Gasteiger partial charge on any atom is -0.353 e.